The molecule has 0 fully saturated rings. The fourth-order valence-electron chi connectivity index (χ4n) is 4.09. The summed E-state index contributed by atoms with van der Waals surface area (Å²) in [5.74, 6) is 0.378. The molecule has 0 aliphatic carbocycles. The number of carbonyl (C=O) groups excluding carboxylic acids is 1. The Hall–Kier alpha value is -4.03. The molecule has 0 radical (unpaired) electrons. The Morgan fingerprint density at radius 3 is 2.70 bits per heavy atom. The second-order valence-electron chi connectivity index (χ2n) is 9.29. The number of amides is 1. The van der Waals surface area contributed by atoms with E-state index in [4.69, 9.17) is 16.3 Å². The van der Waals surface area contributed by atoms with Gasteiger partial charge in [0.2, 0.25) is 5.91 Å². The van der Waals surface area contributed by atoms with E-state index in [-0.39, 0.29) is 28.5 Å². The summed E-state index contributed by atoms with van der Waals surface area (Å²) in [6.07, 6.45) is 0.621. The standard InChI is InChI=1S/C27H28ClF3N6O3/c1-36(2)11-5-8-24(38)32-15-18-13-22-25(37(18)3)26(34-16-33-22)35-17-9-10-23(21(28)12-17)39-19-6-4-7-20(14-19)40-27(29,30)31/h4-10,12,14,16,18H,11,13,15H2,1-3H3,(H,32,38)(H,33,34,35)/b8-5+. The zero-order valence-electron chi connectivity index (χ0n) is 22.0. The molecule has 9 nitrogen and oxygen atoms in total. The first-order chi connectivity index (χ1) is 19.0. The first kappa shape index (κ1) is 29.0. The Kier molecular flexibility index (Phi) is 9.00. The third-order valence-corrected chi connectivity index (χ3v) is 6.24. The van der Waals surface area contributed by atoms with Crippen LogP contribution in [0.5, 0.6) is 17.2 Å². The molecule has 13 heteroatoms. The lowest BCUT2D eigenvalue weighted by molar-refractivity contribution is -0.274. The van der Waals surface area contributed by atoms with Gasteiger partial charge in [-0.25, -0.2) is 9.97 Å². The van der Waals surface area contributed by atoms with Crippen LogP contribution < -0.4 is 25.0 Å². The number of carbonyl (C=O) groups is 1. The van der Waals surface area contributed by atoms with Crippen LogP contribution in [0.1, 0.15) is 5.69 Å². The summed E-state index contributed by atoms with van der Waals surface area (Å²) >= 11 is 6.42. The first-order valence-corrected chi connectivity index (χ1v) is 12.6. The zero-order chi connectivity index (χ0) is 28.9. The molecule has 2 N–H and O–H groups in total. The van der Waals surface area contributed by atoms with Crippen LogP contribution in [-0.4, -0.2) is 67.4 Å². The lowest BCUT2D eigenvalue weighted by Gasteiger charge is -2.24. The van der Waals surface area contributed by atoms with Crippen molar-refractivity contribution in [2.24, 2.45) is 0 Å². The SMILES string of the molecule is CN(C)C/C=C/C(=O)NCC1Cc2ncnc(Nc3ccc(Oc4cccc(OC(F)(F)F)c4)c(Cl)c3)c2N1C. The van der Waals surface area contributed by atoms with Crippen molar-refractivity contribution in [3.05, 3.63) is 71.7 Å². The summed E-state index contributed by atoms with van der Waals surface area (Å²) in [7, 11) is 5.77. The molecule has 212 valence electrons. The minimum absolute atomic E-state index is 0.00472. The molecule has 2 heterocycles. The number of likely N-dealkylation sites (N-methyl/N-ethyl adjacent to an activating group) is 2. The minimum Gasteiger partial charge on any atom is -0.456 e. The Bertz CT molecular complexity index is 1390. The highest BCUT2D eigenvalue weighted by Gasteiger charge is 2.32. The van der Waals surface area contributed by atoms with Crippen LogP contribution >= 0.6 is 11.6 Å². The molecule has 3 aromatic rings. The Morgan fingerprint density at radius 2 is 1.98 bits per heavy atom. The van der Waals surface area contributed by atoms with Crippen molar-refractivity contribution in [1.82, 2.24) is 20.2 Å². The first-order valence-electron chi connectivity index (χ1n) is 12.2. The van der Waals surface area contributed by atoms with Gasteiger partial charge >= 0.3 is 6.36 Å². The van der Waals surface area contributed by atoms with Crippen molar-refractivity contribution >= 4 is 34.7 Å². The molecule has 0 saturated carbocycles. The predicted molar refractivity (Wildman–Crippen MR) is 147 cm³/mol. The average Bonchev–Trinajstić information content (AvgIpc) is 3.19. The van der Waals surface area contributed by atoms with Gasteiger partial charge in [-0.3, -0.25) is 4.79 Å². The number of alkyl halides is 3. The normalized spacial score (nSPS) is 14.9. The number of hydrogen-bond acceptors (Lipinski definition) is 8. The monoisotopic (exact) mass is 576 g/mol. The second-order valence-corrected chi connectivity index (χ2v) is 9.70. The highest BCUT2D eigenvalue weighted by molar-refractivity contribution is 6.32. The van der Waals surface area contributed by atoms with Crippen LogP contribution in [0.15, 0.2) is 60.9 Å². The van der Waals surface area contributed by atoms with Crippen molar-refractivity contribution in [1.29, 1.82) is 0 Å². The highest BCUT2D eigenvalue weighted by atomic mass is 35.5. The third kappa shape index (κ3) is 7.76. The van der Waals surface area contributed by atoms with Gasteiger partial charge < -0.3 is 29.9 Å². The second kappa shape index (κ2) is 12.4. The maximum atomic E-state index is 12.5. The van der Waals surface area contributed by atoms with Gasteiger partial charge in [0.25, 0.3) is 0 Å². The van der Waals surface area contributed by atoms with E-state index < -0.39 is 12.1 Å². The molecule has 1 unspecified atom stereocenters. The molecule has 1 aromatic heterocycles. The van der Waals surface area contributed by atoms with Crippen LogP contribution in [0, 0.1) is 0 Å². The molecule has 1 aliphatic rings. The van der Waals surface area contributed by atoms with E-state index in [1.165, 1.54) is 30.6 Å². The van der Waals surface area contributed by atoms with Gasteiger partial charge in [0.1, 0.15) is 29.3 Å². The quantitative estimate of drug-likeness (QED) is 0.320. The minimum atomic E-state index is -4.81. The van der Waals surface area contributed by atoms with E-state index in [9.17, 15) is 18.0 Å². The number of anilines is 3. The van der Waals surface area contributed by atoms with Gasteiger partial charge in [0.05, 0.1) is 16.8 Å². The van der Waals surface area contributed by atoms with E-state index in [0.717, 1.165) is 17.4 Å². The molecule has 0 spiro atoms. The predicted octanol–water partition coefficient (Wildman–Crippen LogP) is 5.16. The van der Waals surface area contributed by atoms with Crippen molar-refractivity contribution in [2.75, 3.05) is 44.4 Å². The maximum absolute atomic E-state index is 12.5. The van der Waals surface area contributed by atoms with E-state index in [0.29, 0.717) is 31.0 Å². The molecule has 2 aromatic carbocycles. The van der Waals surface area contributed by atoms with Crippen LogP contribution in [0.25, 0.3) is 0 Å². The molecule has 1 amide bonds. The largest absolute Gasteiger partial charge is 0.573 e. The molecule has 1 aliphatic heterocycles. The molecular formula is C27H28ClF3N6O3. The van der Waals surface area contributed by atoms with Gasteiger partial charge in [-0.05, 0) is 44.4 Å². The number of fused-ring (bicyclic) bond motifs is 1. The van der Waals surface area contributed by atoms with Crippen molar-refractivity contribution in [3.63, 3.8) is 0 Å². The lowest BCUT2D eigenvalue weighted by Crippen LogP contribution is -2.40. The number of hydrogen-bond donors (Lipinski definition) is 2. The van der Waals surface area contributed by atoms with Crippen LogP contribution in [-0.2, 0) is 11.2 Å². The summed E-state index contributed by atoms with van der Waals surface area (Å²) in [6, 6.07) is 10.1. The molecular weight excluding hydrogens is 549 g/mol. The van der Waals surface area contributed by atoms with E-state index >= 15 is 0 Å². The number of nitrogens with one attached hydrogen (secondary N) is 2. The Balaban J connectivity index is 1.41. The molecule has 0 bridgehead atoms. The van der Waals surface area contributed by atoms with Crippen LogP contribution in [0.3, 0.4) is 0 Å². The van der Waals surface area contributed by atoms with Gasteiger partial charge in [0.15, 0.2) is 5.82 Å². The van der Waals surface area contributed by atoms with Crippen molar-refractivity contribution in [3.8, 4) is 17.2 Å². The number of nitrogens with zero attached hydrogens (tertiary/aromatic N) is 4. The van der Waals surface area contributed by atoms with Gasteiger partial charge in [0, 0.05) is 44.4 Å². The highest BCUT2D eigenvalue weighted by Crippen LogP contribution is 2.38. The smallest absolute Gasteiger partial charge is 0.456 e. The van der Waals surface area contributed by atoms with Gasteiger partial charge in [-0.2, -0.15) is 0 Å². The summed E-state index contributed by atoms with van der Waals surface area (Å²) in [6.45, 7) is 1.11. The average molecular weight is 577 g/mol. The Morgan fingerprint density at radius 1 is 1.20 bits per heavy atom. The van der Waals surface area contributed by atoms with Crippen LogP contribution in [0.4, 0.5) is 30.4 Å². The van der Waals surface area contributed by atoms with Crippen molar-refractivity contribution < 1.29 is 27.4 Å². The summed E-state index contributed by atoms with van der Waals surface area (Å²) in [4.78, 5) is 25.0. The van der Waals surface area contributed by atoms with E-state index in [1.807, 2.05) is 30.9 Å². The fraction of sp³-hybridized carbons (Fsp3) is 0.296. The van der Waals surface area contributed by atoms with Crippen molar-refractivity contribution in [2.45, 2.75) is 18.8 Å². The fourth-order valence-corrected chi connectivity index (χ4v) is 4.31. The number of ether oxygens (including phenoxy) is 2. The summed E-state index contributed by atoms with van der Waals surface area (Å²) in [5, 5.41) is 6.41. The number of aromatic nitrogens is 2. The van der Waals surface area contributed by atoms with E-state index in [2.05, 4.69) is 25.3 Å². The molecule has 40 heavy (non-hydrogen) atoms. The van der Waals surface area contributed by atoms with Gasteiger partial charge in [-0.1, -0.05) is 23.7 Å². The number of benzene rings is 2. The van der Waals surface area contributed by atoms with Gasteiger partial charge in [-0.15, -0.1) is 13.2 Å². The summed E-state index contributed by atoms with van der Waals surface area (Å²) < 4.78 is 47.2. The maximum Gasteiger partial charge on any atom is 0.573 e. The molecule has 0 saturated heterocycles. The van der Waals surface area contributed by atoms with Crippen LogP contribution in [0.2, 0.25) is 5.02 Å². The zero-order valence-corrected chi connectivity index (χ0v) is 22.8. The molecule has 4 rings (SSSR count). The lowest BCUT2D eigenvalue weighted by atomic mass is 10.2. The third-order valence-electron chi connectivity index (χ3n) is 5.94. The number of rotatable bonds is 10. The topological polar surface area (TPSA) is 91.9 Å². The molecule has 1 atom stereocenters. The number of halogens is 4. The van der Waals surface area contributed by atoms with E-state index in [1.54, 1.807) is 24.3 Å². The summed E-state index contributed by atoms with van der Waals surface area (Å²) in [5.41, 5.74) is 2.26. The Labute approximate surface area is 234 Å².